The van der Waals surface area contributed by atoms with Crippen molar-refractivity contribution >= 4 is 6.09 Å². The van der Waals surface area contributed by atoms with Crippen LogP contribution in [-0.2, 0) is 17.6 Å². The average Bonchev–Trinajstić information content (AvgIpc) is 3.05. The van der Waals surface area contributed by atoms with Gasteiger partial charge in [-0.15, -0.1) is 0 Å². The maximum atomic E-state index is 12.6. The molecule has 1 saturated heterocycles. The van der Waals surface area contributed by atoms with Gasteiger partial charge in [-0.1, -0.05) is 24.3 Å². The molecule has 4 heteroatoms. The lowest BCUT2D eigenvalue weighted by Crippen LogP contribution is -2.56. The number of nitrogens with zero attached hydrogens (tertiary/aromatic N) is 2. The molecule has 1 aliphatic heterocycles. The number of carbonyl (C=O) groups excluding carboxylic acids is 1. The van der Waals surface area contributed by atoms with Gasteiger partial charge in [0.25, 0.3) is 0 Å². The lowest BCUT2D eigenvalue weighted by atomic mass is 9.83. The second kappa shape index (κ2) is 6.75. The minimum Gasteiger partial charge on any atom is -0.444 e. The Morgan fingerprint density at radius 1 is 1.12 bits per heavy atom. The summed E-state index contributed by atoms with van der Waals surface area (Å²) in [6, 6.07) is 9.22. The van der Waals surface area contributed by atoms with Crippen LogP contribution in [0, 0.1) is 0 Å². The van der Waals surface area contributed by atoms with E-state index in [4.69, 9.17) is 4.74 Å². The van der Waals surface area contributed by atoms with Crippen LogP contribution in [0.15, 0.2) is 24.3 Å². The van der Waals surface area contributed by atoms with Crippen LogP contribution in [0.4, 0.5) is 4.79 Å². The molecule has 132 valence electrons. The van der Waals surface area contributed by atoms with Gasteiger partial charge in [0.1, 0.15) is 5.60 Å². The zero-order valence-electron chi connectivity index (χ0n) is 15.4. The number of likely N-dealkylation sites (N-methyl/N-ethyl adjacent to an activating group) is 1. The van der Waals surface area contributed by atoms with Crippen LogP contribution in [0.25, 0.3) is 0 Å². The molecule has 2 atom stereocenters. The molecule has 2 aliphatic rings. The Labute approximate surface area is 145 Å². The summed E-state index contributed by atoms with van der Waals surface area (Å²) < 4.78 is 5.62. The van der Waals surface area contributed by atoms with Crippen molar-refractivity contribution in [3.63, 3.8) is 0 Å². The quantitative estimate of drug-likeness (QED) is 0.832. The minimum atomic E-state index is -0.457. The van der Waals surface area contributed by atoms with Crippen LogP contribution < -0.4 is 0 Å². The molecule has 1 aromatic rings. The smallest absolute Gasteiger partial charge is 0.410 e. The molecule has 0 saturated carbocycles. The molecule has 1 fully saturated rings. The summed E-state index contributed by atoms with van der Waals surface area (Å²) in [4.78, 5) is 17.0. The van der Waals surface area contributed by atoms with Crippen LogP contribution in [0.1, 0.15) is 44.7 Å². The summed E-state index contributed by atoms with van der Waals surface area (Å²) in [7, 11) is 1.90. The van der Waals surface area contributed by atoms with E-state index in [0.29, 0.717) is 6.04 Å². The number of hydrogen-bond donors (Lipinski definition) is 0. The molecule has 0 bridgehead atoms. The second-order valence-electron chi connectivity index (χ2n) is 8.15. The Morgan fingerprint density at radius 3 is 2.29 bits per heavy atom. The van der Waals surface area contributed by atoms with E-state index in [0.717, 1.165) is 25.9 Å². The lowest BCUT2D eigenvalue weighted by molar-refractivity contribution is 0.0104. The van der Waals surface area contributed by atoms with Gasteiger partial charge < -0.3 is 9.64 Å². The highest BCUT2D eigenvalue weighted by atomic mass is 16.6. The minimum absolute atomic E-state index is 0.174. The first-order valence-electron chi connectivity index (χ1n) is 9.12. The molecular formula is C20H30N2O2. The molecule has 0 aromatic heterocycles. The lowest BCUT2D eigenvalue weighted by Gasteiger charge is -2.43. The van der Waals surface area contributed by atoms with Crippen LogP contribution in [0.3, 0.4) is 0 Å². The maximum Gasteiger partial charge on any atom is 0.410 e. The average molecular weight is 330 g/mol. The van der Waals surface area contributed by atoms with Gasteiger partial charge in [0, 0.05) is 13.1 Å². The van der Waals surface area contributed by atoms with Crippen molar-refractivity contribution in [3.05, 3.63) is 35.4 Å². The van der Waals surface area contributed by atoms with Gasteiger partial charge in [0.2, 0.25) is 0 Å². The standard InChI is InChI=1S/C20H30N2O2/c1-20(2,3)24-19(23)21(4)17-13-15-9-5-6-10-16(15)14-18(17)22-11-7-8-12-22/h5-6,9-10,17-18H,7-8,11-14H2,1-4H3/t17-,18+/m0/s1. The summed E-state index contributed by atoms with van der Waals surface area (Å²) in [6.07, 6.45) is 4.25. The molecule has 1 heterocycles. The van der Waals surface area contributed by atoms with Gasteiger partial charge in [0.15, 0.2) is 0 Å². The molecule has 0 N–H and O–H groups in total. The van der Waals surface area contributed by atoms with Gasteiger partial charge in [0.05, 0.1) is 6.04 Å². The van der Waals surface area contributed by atoms with Gasteiger partial charge in [-0.05, 0) is 70.7 Å². The van der Waals surface area contributed by atoms with Crippen molar-refractivity contribution < 1.29 is 9.53 Å². The molecule has 0 unspecified atom stereocenters. The zero-order chi connectivity index (χ0) is 17.3. The van der Waals surface area contributed by atoms with Gasteiger partial charge in [-0.25, -0.2) is 4.79 Å². The highest BCUT2D eigenvalue weighted by Gasteiger charge is 2.38. The van der Waals surface area contributed by atoms with E-state index in [1.807, 2.05) is 32.7 Å². The summed E-state index contributed by atoms with van der Waals surface area (Å²) in [5.41, 5.74) is 2.35. The second-order valence-corrected chi connectivity index (χ2v) is 8.15. The predicted octanol–water partition coefficient (Wildman–Crippen LogP) is 3.49. The third-order valence-corrected chi connectivity index (χ3v) is 5.21. The van der Waals surface area contributed by atoms with Crippen molar-refractivity contribution in [2.45, 2.75) is 64.1 Å². The Hall–Kier alpha value is -1.55. The fraction of sp³-hybridized carbons (Fsp3) is 0.650. The normalized spacial score (nSPS) is 24.5. The maximum absolute atomic E-state index is 12.6. The summed E-state index contributed by atoms with van der Waals surface area (Å²) in [6.45, 7) is 8.06. The molecule has 3 rings (SSSR count). The number of likely N-dealkylation sites (tertiary alicyclic amines) is 1. The largest absolute Gasteiger partial charge is 0.444 e. The van der Waals surface area contributed by atoms with E-state index in [1.165, 1.54) is 24.0 Å². The molecule has 0 spiro atoms. The zero-order valence-corrected chi connectivity index (χ0v) is 15.4. The number of benzene rings is 1. The van der Waals surface area contributed by atoms with Gasteiger partial charge >= 0.3 is 6.09 Å². The van der Waals surface area contributed by atoms with Crippen molar-refractivity contribution in [1.29, 1.82) is 0 Å². The number of ether oxygens (including phenoxy) is 1. The highest BCUT2D eigenvalue weighted by Crippen LogP contribution is 2.30. The van der Waals surface area contributed by atoms with E-state index < -0.39 is 5.60 Å². The first-order chi connectivity index (χ1) is 11.3. The predicted molar refractivity (Wildman–Crippen MR) is 96.2 cm³/mol. The molecule has 1 aromatic carbocycles. The Morgan fingerprint density at radius 2 is 1.71 bits per heavy atom. The molecular weight excluding hydrogens is 300 g/mol. The number of fused-ring (bicyclic) bond motifs is 1. The fourth-order valence-electron chi connectivity index (χ4n) is 3.99. The highest BCUT2D eigenvalue weighted by molar-refractivity contribution is 5.68. The Kier molecular flexibility index (Phi) is 4.86. The van der Waals surface area contributed by atoms with Crippen LogP contribution in [0.2, 0.25) is 0 Å². The number of hydrogen-bond acceptors (Lipinski definition) is 3. The van der Waals surface area contributed by atoms with Crippen molar-refractivity contribution in [2.24, 2.45) is 0 Å². The third-order valence-electron chi connectivity index (χ3n) is 5.21. The molecule has 4 nitrogen and oxygen atoms in total. The summed E-state index contributed by atoms with van der Waals surface area (Å²) in [5, 5.41) is 0. The van der Waals surface area contributed by atoms with Crippen LogP contribution in [-0.4, -0.2) is 53.7 Å². The third kappa shape index (κ3) is 3.75. The molecule has 1 aliphatic carbocycles. The summed E-state index contributed by atoms with van der Waals surface area (Å²) in [5.74, 6) is 0. The van der Waals surface area contributed by atoms with E-state index in [-0.39, 0.29) is 12.1 Å². The topological polar surface area (TPSA) is 32.8 Å². The van der Waals surface area contributed by atoms with Gasteiger partial charge in [-0.2, -0.15) is 0 Å². The Balaban J connectivity index is 1.83. The van der Waals surface area contributed by atoms with Gasteiger partial charge in [-0.3, -0.25) is 4.90 Å². The SMILES string of the molecule is CN(C(=O)OC(C)(C)C)[C@H]1Cc2ccccc2C[C@H]1N1CCCC1. The molecule has 0 radical (unpaired) electrons. The molecule has 24 heavy (non-hydrogen) atoms. The van der Waals surface area contributed by atoms with Crippen molar-refractivity contribution in [1.82, 2.24) is 9.80 Å². The van der Waals surface area contributed by atoms with Crippen LogP contribution in [0.5, 0.6) is 0 Å². The van der Waals surface area contributed by atoms with Crippen LogP contribution >= 0.6 is 0 Å². The monoisotopic (exact) mass is 330 g/mol. The van der Waals surface area contributed by atoms with E-state index >= 15 is 0 Å². The number of amides is 1. The number of carbonyl (C=O) groups is 1. The Bertz CT molecular complexity index is 588. The van der Waals surface area contributed by atoms with Crippen molar-refractivity contribution in [3.8, 4) is 0 Å². The fourth-order valence-corrected chi connectivity index (χ4v) is 3.99. The van der Waals surface area contributed by atoms with E-state index in [9.17, 15) is 4.79 Å². The van der Waals surface area contributed by atoms with E-state index in [1.54, 1.807) is 0 Å². The molecule has 1 amide bonds. The number of rotatable bonds is 2. The van der Waals surface area contributed by atoms with E-state index in [2.05, 4.69) is 29.2 Å². The first-order valence-corrected chi connectivity index (χ1v) is 9.12. The summed E-state index contributed by atoms with van der Waals surface area (Å²) >= 11 is 0. The van der Waals surface area contributed by atoms with Crippen molar-refractivity contribution in [2.75, 3.05) is 20.1 Å². The first kappa shape index (κ1) is 17.3.